The van der Waals surface area contributed by atoms with Crippen LogP contribution in [0, 0.1) is 0 Å². The van der Waals surface area contributed by atoms with Crippen LogP contribution in [0.4, 0.5) is 4.39 Å². The SMILES string of the molecule is CN1CCC(N2CCN(CCF)CC2)CC1. The summed E-state index contributed by atoms with van der Waals surface area (Å²) >= 11 is 0. The molecule has 0 spiro atoms. The van der Waals surface area contributed by atoms with Crippen LogP contribution >= 0.6 is 0 Å². The highest BCUT2D eigenvalue weighted by Crippen LogP contribution is 2.17. The van der Waals surface area contributed by atoms with E-state index in [1.807, 2.05) is 0 Å². The number of piperidine rings is 1. The maximum Gasteiger partial charge on any atom is 0.102 e. The van der Waals surface area contributed by atoms with Gasteiger partial charge in [0.1, 0.15) is 6.67 Å². The largest absolute Gasteiger partial charge is 0.306 e. The van der Waals surface area contributed by atoms with Crippen molar-refractivity contribution in [2.24, 2.45) is 0 Å². The van der Waals surface area contributed by atoms with Crippen LogP contribution in [0.1, 0.15) is 12.8 Å². The van der Waals surface area contributed by atoms with Crippen molar-refractivity contribution < 1.29 is 4.39 Å². The molecular weight excluding hydrogens is 205 g/mol. The van der Waals surface area contributed by atoms with Gasteiger partial charge in [0, 0.05) is 38.8 Å². The number of halogens is 1. The Labute approximate surface area is 98.2 Å². The average molecular weight is 229 g/mol. The van der Waals surface area contributed by atoms with Gasteiger partial charge in [-0.3, -0.25) is 9.80 Å². The van der Waals surface area contributed by atoms with E-state index in [1.54, 1.807) is 0 Å². The van der Waals surface area contributed by atoms with Crippen molar-refractivity contribution in [3.8, 4) is 0 Å². The second-order valence-corrected chi connectivity index (χ2v) is 5.10. The number of alkyl halides is 1. The van der Waals surface area contributed by atoms with Crippen molar-refractivity contribution in [2.75, 3.05) is 59.5 Å². The fourth-order valence-corrected chi connectivity index (χ4v) is 2.83. The molecule has 0 amide bonds. The number of piperazine rings is 1. The molecule has 0 aromatic carbocycles. The van der Waals surface area contributed by atoms with Gasteiger partial charge in [0.15, 0.2) is 0 Å². The molecule has 0 aromatic rings. The minimum atomic E-state index is -0.200. The number of hydrogen-bond acceptors (Lipinski definition) is 3. The van der Waals surface area contributed by atoms with E-state index in [4.69, 9.17) is 0 Å². The van der Waals surface area contributed by atoms with E-state index in [-0.39, 0.29) is 6.67 Å². The Morgan fingerprint density at radius 2 is 1.62 bits per heavy atom. The van der Waals surface area contributed by atoms with Crippen LogP contribution in [-0.4, -0.2) is 80.3 Å². The zero-order valence-electron chi connectivity index (χ0n) is 10.4. The third-order valence-corrected chi connectivity index (χ3v) is 4.01. The topological polar surface area (TPSA) is 9.72 Å². The zero-order chi connectivity index (χ0) is 11.4. The maximum absolute atomic E-state index is 12.2. The first kappa shape index (κ1) is 12.3. The van der Waals surface area contributed by atoms with Crippen molar-refractivity contribution in [1.82, 2.24) is 14.7 Å². The molecule has 0 unspecified atom stereocenters. The van der Waals surface area contributed by atoms with Crippen LogP contribution < -0.4 is 0 Å². The molecular formula is C12H24FN3. The third kappa shape index (κ3) is 3.15. The van der Waals surface area contributed by atoms with Crippen LogP contribution in [0.5, 0.6) is 0 Å². The summed E-state index contributed by atoms with van der Waals surface area (Å²) < 4.78 is 12.2. The van der Waals surface area contributed by atoms with E-state index in [0.717, 1.165) is 32.2 Å². The van der Waals surface area contributed by atoms with E-state index in [1.165, 1.54) is 25.9 Å². The Bertz CT molecular complexity index is 196. The third-order valence-electron chi connectivity index (χ3n) is 4.01. The lowest BCUT2D eigenvalue weighted by Crippen LogP contribution is -2.53. The molecule has 2 saturated heterocycles. The fourth-order valence-electron chi connectivity index (χ4n) is 2.83. The highest BCUT2D eigenvalue weighted by molar-refractivity contribution is 4.82. The average Bonchev–Trinajstić information content (AvgIpc) is 2.32. The highest BCUT2D eigenvalue weighted by atomic mass is 19.1. The predicted octanol–water partition coefficient (Wildman–Crippen LogP) is 0.668. The summed E-state index contributed by atoms with van der Waals surface area (Å²) in [6.45, 7) is 7.26. The monoisotopic (exact) mass is 229 g/mol. The summed E-state index contributed by atoms with van der Waals surface area (Å²) in [5, 5.41) is 0. The normalized spacial score (nSPS) is 27.4. The quantitative estimate of drug-likeness (QED) is 0.704. The molecule has 16 heavy (non-hydrogen) atoms. The Morgan fingerprint density at radius 1 is 1.00 bits per heavy atom. The van der Waals surface area contributed by atoms with Crippen LogP contribution in [0.3, 0.4) is 0 Å². The summed E-state index contributed by atoms with van der Waals surface area (Å²) in [6, 6.07) is 0.781. The molecule has 0 N–H and O–H groups in total. The van der Waals surface area contributed by atoms with Crippen molar-refractivity contribution in [3.63, 3.8) is 0 Å². The summed E-state index contributed by atoms with van der Waals surface area (Å²) in [5.41, 5.74) is 0. The Balaban J connectivity index is 1.72. The molecule has 2 rings (SSSR count). The fraction of sp³-hybridized carbons (Fsp3) is 1.00. The molecule has 2 heterocycles. The minimum Gasteiger partial charge on any atom is -0.306 e. The van der Waals surface area contributed by atoms with E-state index in [0.29, 0.717) is 6.54 Å². The first-order valence-electron chi connectivity index (χ1n) is 6.50. The zero-order valence-corrected chi connectivity index (χ0v) is 10.4. The molecule has 2 fully saturated rings. The highest BCUT2D eigenvalue weighted by Gasteiger charge is 2.25. The molecule has 0 saturated carbocycles. The first-order valence-corrected chi connectivity index (χ1v) is 6.50. The molecule has 0 atom stereocenters. The number of likely N-dealkylation sites (tertiary alicyclic amines) is 1. The predicted molar refractivity (Wildman–Crippen MR) is 64.5 cm³/mol. The molecule has 94 valence electrons. The van der Waals surface area contributed by atoms with Crippen LogP contribution in [0.25, 0.3) is 0 Å². The number of rotatable bonds is 3. The van der Waals surface area contributed by atoms with Gasteiger partial charge in [0.2, 0.25) is 0 Å². The van der Waals surface area contributed by atoms with Gasteiger partial charge in [-0.15, -0.1) is 0 Å². The Hall–Kier alpha value is -0.190. The van der Waals surface area contributed by atoms with Gasteiger partial charge in [0.05, 0.1) is 0 Å². The van der Waals surface area contributed by atoms with Gasteiger partial charge >= 0.3 is 0 Å². The summed E-state index contributed by atoms with van der Waals surface area (Å²) in [7, 11) is 2.20. The van der Waals surface area contributed by atoms with E-state index in [2.05, 4.69) is 21.7 Å². The van der Waals surface area contributed by atoms with Gasteiger partial charge in [-0.05, 0) is 33.0 Å². The van der Waals surface area contributed by atoms with E-state index >= 15 is 0 Å². The van der Waals surface area contributed by atoms with Gasteiger partial charge in [0.25, 0.3) is 0 Å². The molecule has 0 aromatic heterocycles. The second kappa shape index (κ2) is 5.94. The van der Waals surface area contributed by atoms with Gasteiger partial charge in [-0.25, -0.2) is 4.39 Å². The van der Waals surface area contributed by atoms with Crippen molar-refractivity contribution >= 4 is 0 Å². The summed E-state index contributed by atoms with van der Waals surface area (Å²) in [4.78, 5) is 7.27. The van der Waals surface area contributed by atoms with E-state index in [9.17, 15) is 4.39 Å². The smallest absolute Gasteiger partial charge is 0.102 e. The van der Waals surface area contributed by atoms with Gasteiger partial charge in [-0.1, -0.05) is 0 Å². The Kier molecular flexibility index (Phi) is 4.55. The molecule has 0 aliphatic carbocycles. The van der Waals surface area contributed by atoms with Crippen LogP contribution in [0.15, 0.2) is 0 Å². The van der Waals surface area contributed by atoms with Crippen LogP contribution in [0.2, 0.25) is 0 Å². The lowest BCUT2D eigenvalue weighted by molar-refractivity contribution is 0.0625. The molecule has 0 bridgehead atoms. The molecule has 0 radical (unpaired) electrons. The lowest BCUT2D eigenvalue weighted by Gasteiger charge is -2.42. The van der Waals surface area contributed by atoms with E-state index < -0.39 is 0 Å². The number of hydrogen-bond donors (Lipinski definition) is 0. The molecule has 3 nitrogen and oxygen atoms in total. The lowest BCUT2D eigenvalue weighted by atomic mass is 10.0. The molecule has 2 aliphatic rings. The Morgan fingerprint density at radius 3 is 2.19 bits per heavy atom. The van der Waals surface area contributed by atoms with Crippen molar-refractivity contribution in [1.29, 1.82) is 0 Å². The first-order chi connectivity index (χ1) is 7.79. The molecule has 2 aliphatic heterocycles. The summed E-state index contributed by atoms with van der Waals surface area (Å²) in [6.07, 6.45) is 2.61. The van der Waals surface area contributed by atoms with Gasteiger partial charge in [-0.2, -0.15) is 0 Å². The van der Waals surface area contributed by atoms with Gasteiger partial charge < -0.3 is 4.90 Å². The minimum absolute atomic E-state index is 0.200. The maximum atomic E-state index is 12.2. The van der Waals surface area contributed by atoms with Crippen LogP contribution in [-0.2, 0) is 0 Å². The van der Waals surface area contributed by atoms with Crippen molar-refractivity contribution in [3.05, 3.63) is 0 Å². The standard InChI is InChI=1S/C12H24FN3/c1-14-5-2-12(3-6-14)16-10-8-15(7-4-13)9-11-16/h12H,2-11H2,1H3. The summed E-state index contributed by atoms with van der Waals surface area (Å²) in [5.74, 6) is 0. The molecule has 4 heteroatoms. The van der Waals surface area contributed by atoms with Crippen molar-refractivity contribution in [2.45, 2.75) is 18.9 Å². The second-order valence-electron chi connectivity index (χ2n) is 5.10. The number of nitrogens with zero attached hydrogens (tertiary/aromatic N) is 3.